The molecule has 3 rings (SSSR count). The molecule has 7 heteroatoms. The molecule has 2 amide bonds. The second-order valence-electron chi connectivity index (χ2n) is 7.97. The van der Waals surface area contributed by atoms with E-state index in [4.69, 9.17) is 0 Å². The van der Waals surface area contributed by atoms with Gasteiger partial charge in [0.05, 0.1) is 6.54 Å². The number of nitrogens with zero attached hydrogens (tertiary/aromatic N) is 2. The molecular weight excluding hydrogens is 361 g/mol. The lowest BCUT2D eigenvalue weighted by atomic mass is 9.86. The van der Waals surface area contributed by atoms with E-state index in [-0.39, 0.29) is 36.1 Å². The van der Waals surface area contributed by atoms with Crippen LogP contribution >= 0.6 is 0 Å². The Balaban J connectivity index is 1.71. The third-order valence-electron chi connectivity index (χ3n) is 5.78. The molecule has 3 unspecified atom stereocenters. The first-order valence-electron chi connectivity index (χ1n) is 9.79. The monoisotopic (exact) mass is 389 g/mol. The van der Waals surface area contributed by atoms with E-state index in [1.807, 2.05) is 42.0 Å². The van der Waals surface area contributed by atoms with Gasteiger partial charge in [-0.2, -0.15) is 0 Å². The standard InChI is InChI=1S/C21H28FN3O3/c1-13-10-15(16-8-9-25(11-14(2)26)12-17(16)22)4-5-18(13)24(3)19-6-7-20(27)23-21(19)28/h4-5,10,16-17,19H,6-9,11-12H2,1-3H3,(H,23,27,28). The number of likely N-dealkylation sites (tertiary alicyclic amines) is 1. The molecule has 0 bridgehead atoms. The Morgan fingerprint density at radius 3 is 2.68 bits per heavy atom. The van der Waals surface area contributed by atoms with Crippen molar-refractivity contribution < 1.29 is 18.8 Å². The Kier molecular flexibility index (Phi) is 6.13. The quantitative estimate of drug-likeness (QED) is 0.780. The third kappa shape index (κ3) is 4.41. The van der Waals surface area contributed by atoms with E-state index < -0.39 is 6.17 Å². The van der Waals surface area contributed by atoms with Crippen molar-refractivity contribution in [1.29, 1.82) is 0 Å². The highest BCUT2D eigenvalue weighted by Gasteiger charge is 2.33. The van der Waals surface area contributed by atoms with Crippen LogP contribution in [0.1, 0.15) is 43.2 Å². The van der Waals surface area contributed by atoms with E-state index in [1.165, 1.54) is 6.92 Å². The van der Waals surface area contributed by atoms with E-state index in [1.54, 1.807) is 0 Å². The largest absolute Gasteiger partial charge is 0.362 e. The summed E-state index contributed by atoms with van der Waals surface area (Å²) in [6.07, 6.45) is 0.492. The van der Waals surface area contributed by atoms with Crippen LogP contribution in [0.25, 0.3) is 0 Å². The maximum Gasteiger partial charge on any atom is 0.249 e. The van der Waals surface area contributed by atoms with Crippen LogP contribution in [0.4, 0.5) is 10.1 Å². The maximum atomic E-state index is 14.8. The van der Waals surface area contributed by atoms with Gasteiger partial charge in [-0.15, -0.1) is 0 Å². The van der Waals surface area contributed by atoms with Gasteiger partial charge in [-0.1, -0.05) is 12.1 Å². The number of alkyl halides is 1. The van der Waals surface area contributed by atoms with Crippen LogP contribution in [0.2, 0.25) is 0 Å². The number of anilines is 1. The highest BCUT2D eigenvalue weighted by Crippen LogP contribution is 2.33. The van der Waals surface area contributed by atoms with E-state index >= 15 is 0 Å². The van der Waals surface area contributed by atoms with Crippen LogP contribution in [0.5, 0.6) is 0 Å². The van der Waals surface area contributed by atoms with Gasteiger partial charge in [-0.05, 0) is 50.4 Å². The Morgan fingerprint density at radius 1 is 1.32 bits per heavy atom. The number of rotatable bonds is 5. The molecule has 28 heavy (non-hydrogen) atoms. The summed E-state index contributed by atoms with van der Waals surface area (Å²) in [4.78, 5) is 38.6. The highest BCUT2D eigenvalue weighted by molar-refractivity contribution is 6.01. The molecule has 2 saturated heterocycles. The number of amides is 2. The summed E-state index contributed by atoms with van der Waals surface area (Å²) in [6, 6.07) is 5.48. The number of benzene rings is 1. The number of likely N-dealkylation sites (N-methyl/N-ethyl adjacent to an activating group) is 1. The minimum atomic E-state index is -1.01. The molecule has 0 saturated carbocycles. The minimum absolute atomic E-state index is 0.0577. The van der Waals surface area contributed by atoms with Crippen LogP contribution in [0.3, 0.4) is 0 Å². The van der Waals surface area contributed by atoms with Crippen molar-refractivity contribution in [2.45, 2.75) is 51.2 Å². The second-order valence-corrected chi connectivity index (χ2v) is 7.97. The van der Waals surface area contributed by atoms with Crippen molar-refractivity contribution in [2.75, 3.05) is 31.6 Å². The summed E-state index contributed by atoms with van der Waals surface area (Å²) in [6.45, 7) is 4.78. The molecule has 0 radical (unpaired) electrons. The summed E-state index contributed by atoms with van der Waals surface area (Å²) >= 11 is 0. The van der Waals surface area contributed by atoms with Crippen molar-refractivity contribution in [2.24, 2.45) is 0 Å². The number of Topliss-reactive ketones (excluding diaryl/α,β-unsaturated/α-hetero) is 1. The molecule has 0 aliphatic carbocycles. The number of carbonyl (C=O) groups excluding carboxylic acids is 3. The van der Waals surface area contributed by atoms with Crippen molar-refractivity contribution in [3.8, 4) is 0 Å². The average Bonchev–Trinajstić information content (AvgIpc) is 2.60. The summed E-state index contributed by atoms with van der Waals surface area (Å²) in [5, 5.41) is 2.39. The molecule has 0 aromatic heterocycles. The van der Waals surface area contributed by atoms with Gasteiger partial charge in [0.15, 0.2) is 0 Å². The summed E-state index contributed by atoms with van der Waals surface area (Å²) in [7, 11) is 1.85. The molecule has 2 fully saturated rings. The number of halogens is 1. The van der Waals surface area contributed by atoms with Gasteiger partial charge in [0.1, 0.15) is 18.0 Å². The van der Waals surface area contributed by atoms with Gasteiger partial charge in [-0.3, -0.25) is 24.6 Å². The van der Waals surface area contributed by atoms with Crippen molar-refractivity contribution in [1.82, 2.24) is 10.2 Å². The fraction of sp³-hybridized carbons (Fsp3) is 0.571. The molecule has 152 valence electrons. The molecule has 6 nitrogen and oxygen atoms in total. The van der Waals surface area contributed by atoms with Crippen molar-refractivity contribution in [3.63, 3.8) is 0 Å². The Labute approximate surface area is 165 Å². The number of hydrogen-bond acceptors (Lipinski definition) is 5. The SMILES string of the molecule is CC(=O)CN1CCC(c2ccc(N(C)C3CCC(=O)NC3=O)c(C)c2)C(F)C1. The molecule has 1 aromatic rings. The molecule has 0 spiro atoms. The Hall–Kier alpha value is -2.28. The van der Waals surface area contributed by atoms with E-state index in [0.29, 0.717) is 32.4 Å². The summed E-state index contributed by atoms with van der Waals surface area (Å²) < 4.78 is 14.8. The number of piperidine rings is 2. The van der Waals surface area contributed by atoms with Crippen LogP contribution < -0.4 is 10.2 Å². The number of carbonyl (C=O) groups is 3. The number of hydrogen-bond donors (Lipinski definition) is 1. The van der Waals surface area contributed by atoms with Crippen LogP contribution in [-0.2, 0) is 14.4 Å². The first kappa shape index (κ1) is 20.5. The number of aryl methyl sites for hydroxylation is 1. The van der Waals surface area contributed by atoms with E-state index in [0.717, 1.165) is 16.8 Å². The fourth-order valence-corrected chi connectivity index (χ4v) is 4.33. The van der Waals surface area contributed by atoms with Crippen LogP contribution in [0, 0.1) is 6.92 Å². The zero-order chi connectivity index (χ0) is 20.4. The lowest BCUT2D eigenvalue weighted by Gasteiger charge is -2.35. The molecule has 3 atom stereocenters. The molecule has 2 aliphatic rings. The van der Waals surface area contributed by atoms with Crippen LogP contribution in [0.15, 0.2) is 18.2 Å². The zero-order valence-corrected chi connectivity index (χ0v) is 16.7. The maximum absolute atomic E-state index is 14.8. The summed E-state index contributed by atoms with van der Waals surface area (Å²) in [5.74, 6) is -0.630. The smallest absolute Gasteiger partial charge is 0.249 e. The lowest BCUT2D eigenvalue weighted by Crippen LogP contribution is -2.51. The molecule has 1 N–H and O–H groups in total. The predicted octanol–water partition coefficient (Wildman–Crippen LogP) is 1.95. The van der Waals surface area contributed by atoms with Gasteiger partial charge < -0.3 is 4.90 Å². The second kappa shape index (κ2) is 8.39. The normalized spacial score (nSPS) is 26.1. The van der Waals surface area contributed by atoms with Crippen LogP contribution in [-0.4, -0.2) is 61.4 Å². The van der Waals surface area contributed by atoms with Crippen molar-refractivity contribution >= 4 is 23.3 Å². The highest BCUT2D eigenvalue weighted by atomic mass is 19.1. The topological polar surface area (TPSA) is 69.7 Å². The minimum Gasteiger partial charge on any atom is -0.362 e. The van der Waals surface area contributed by atoms with Gasteiger partial charge in [-0.25, -0.2) is 4.39 Å². The van der Waals surface area contributed by atoms with Crippen molar-refractivity contribution in [3.05, 3.63) is 29.3 Å². The van der Waals surface area contributed by atoms with Gasteiger partial charge in [0, 0.05) is 31.6 Å². The molecule has 2 aliphatic heterocycles. The fourth-order valence-electron chi connectivity index (χ4n) is 4.33. The van der Waals surface area contributed by atoms with E-state index in [2.05, 4.69) is 5.32 Å². The zero-order valence-electron chi connectivity index (χ0n) is 16.7. The molecule has 1 aromatic carbocycles. The summed E-state index contributed by atoms with van der Waals surface area (Å²) in [5.41, 5.74) is 2.83. The van der Waals surface area contributed by atoms with E-state index in [9.17, 15) is 18.8 Å². The van der Waals surface area contributed by atoms with Gasteiger partial charge >= 0.3 is 0 Å². The molecule has 2 heterocycles. The lowest BCUT2D eigenvalue weighted by molar-refractivity contribution is -0.134. The van der Waals surface area contributed by atoms with Gasteiger partial charge in [0.25, 0.3) is 0 Å². The number of ketones is 1. The van der Waals surface area contributed by atoms with Gasteiger partial charge in [0.2, 0.25) is 11.8 Å². The molecular formula is C21H28FN3O3. The third-order valence-corrected chi connectivity index (χ3v) is 5.78. The first-order chi connectivity index (χ1) is 13.3. The number of imide groups is 1. The Bertz CT molecular complexity index is 782. The predicted molar refractivity (Wildman–Crippen MR) is 105 cm³/mol. The average molecular weight is 389 g/mol. The first-order valence-corrected chi connectivity index (χ1v) is 9.79. The Morgan fingerprint density at radius 2 is 2.07 bits per heavy atom. The number of nitrogens with one attached hydrogen (secondary N) is 1.